The maximum Gasteiger partial charge on any atom is 0.355 e. The number of H-pyrrole nitrogens is 1. The molecular formula is C13H10N2O9. The van der Waals surface area contributed by atoms with Crippen molar-refractivity contribution in [2.45, 2.75) is 0 Å². The molecule has 0 atom stereocenters. The average Bonchev–Trinajstić information content (AvgIpc) is 2.50. The molecule has 0 spiro atoms. The van der Waals surface area contributed by atoms with Gasteiger partial charge in [-0.3, -0.25) is 4.79 Å². The van der Waals surface area contributed by atoms with Crippen molar-refractivity contribution < 1.29 is 39.9 Å². The Kier molecular flexibility index (Phi) is 5.60. The van der Waals surface area contributed by atoms with Gasteiger partial charge in [0.15, 0.2) is 17.2 Å². The minimum atomic E-state index is -1.64. The van der Waals surface area contributed by atoms with E-state index < -0.39 is 46.0 Å². The Hall–Kier alpha value is -3.89. The average molecular weight is 338 g/mol. The molecule has 0 saturated carbocycles. The van der Waals surface area contributed by atoms with Crippen molar-refractivity contribution in [1.82, 2.24) is 9.97 Å². The molecule has 0 aliphatic heterocycles. The van der Waals surface area contributed by atoms with Crippen LogP contribution >= 0.6 is 0 Å². The molecule has 0 fully saturated rings. The van der Waals surface area contributed by atoms with E-state index in [-0.39, 0.29) is 5.75 Å². The Balaban J connectivity index is 0.000000272. The molecule has 0 aliphatic carbocycles. The third-order valence-electron chi connectivity index (χ3n) is 2.48. The predicted molar refractivity (Wildman–Crippen MR) is 75.5 cm³/mol. The maximum atomic E-state index is 10.7. The van der Waals surface area contributed by atoms with Gasteiger partial charge in [-0.25, -0.2) is 19.4 Å². The van der Waals surface area contributed by atoms with E-state index in [1.165, 1.54) is 0 Å². The Morgan fingerprint density at radius 1 is 0.958 bits per heavy atom. The van der Waals surface area contributed by atoms with Gasteiger partial charge in [0.05, 0.1) is 5.56 Å². The summed E-state index contributed by atoms with van der Waals surface area (Å²) in [6.07, 6.45) is 1.96. The van der Waals surface area contributed by atoms with Gasteiger partial charge in [0.2, 0.25) is 0 Å². The summed E-state index contributed by atoms with van der Waals surface area (Å²) in [5.74, 6) is -5.47. The highest BCUT2D eigenvalue weighted by Crippen LogP contribution is 2.18. The van der Waals surface area contributed by atoms with Gasteiger partial charge >= 0.3 is 17.9 Å². The number of aromatic amines is 1. The molecular weight excluding hydrogens is 328 g/mol. The first kappa shape index (κ1) is 18.2. The van der Waals surface area contributed by atoms with Gasteiger partial charge in [-0.05, 0) is 6.07 Å². The van der Waals surface area contributed by atoms with E-state index in [9.17, 15) is 19.2 Å². The number of nitrogens with one attached hydrogen (secondary N) is 1. The molecule has 0 amide bonds. The van der Waals surface area contributed by atoms with Crippen LogP contribution in [0.4, 0.5) is 0 Å². The van der Waals surface area contributed by atoms with Gasteiger partial charge in [-0.1, -0.05) is 0 Å². The summed E-state index contributed by atoms with van der Waals surface area (Å²) >= 11 is 0. The number of pyridine rings is 2. The highest BCUT2D eigenvalue weighted by atomic mass is 16.4. The van der Waals surface area contributed by atoms with Crippen LogP contribution in [0.25, 0.3) is 0 Å². The Bertz CT molecular complexity index is 825. The molecule has 11 nitrogen and oxygen atoms in total. The van der Waals surface area contributed by atoms with Crippen LogP contribution in [0.2, 0.25) is 0 Å². The quantitative estimate of drug-likeness (QED) is 0.441. The summed E-state index contributed by atoms with van der Waals surface area (Å²) < 4.78 is 0. The molecule has 0 saturated heterocycles. The standard InChI is InChI=1S/C8H5NO6.C5H5NO3/c10-6(11)3-1-2-9-5(8(14)15)4(3)7(12)13;7-3-1-5(9)6-2-4(3)8/h1-2H,(H,10,11)(H,12,13)(H,14,15);1-2,8H,(H2,6,7,9). The lowest BCUT2D eigenvalue weighted by atomic mass is 10.1. The van der Waals surface area contributed by atoms with Gasteiger partial charge in [0, 0.05) is 18.5 Å². The first-order valence-corrected chi connectivity index (χ1v) is 5.94. The summed E-state index contributed by atoms with van der Waals surface area (Å²) in [6.45, 7) is 0. The summed E-state index contributed by atoms with van der Waals surface area (Å²) in [6, 6.07) is 1.83. The number of carboxylic acids is 3. The first-order chi connectivity index (χ1) is 11.1. The molecule has 2 heterocycles. The molecule has 0 aliphatic rings. The van der Waals surface area contributed by atoms with E-state index in [2.05, 4.69) is 9.97 Å². The lowest BCUT2D eigenvalue weighted by molar-refractivity contribution is 0.0629. The zero-order valence-corrected chi connectivity index (χ0v) is 11.6. The van der Waals surface area contributed by atoms with Crippen molar-refractivity contribution in [2.24, 2.45) is 0 Å². The van der Waals surface area contributed by atoms with Crippen LogP contribution in [-0.4, -0.2) is 53.4 Å². The zero-order chi connectivity index (χ0) is 18.4. The highest BCUT2D eigenvalue weighted by Gasteiger charge is 2.24. The van der Waals surface area contributed by atoms with Crippen LogP contribution in [0.5, 0.6) is 11.5 Å². The van der Waals surface area contributed by atoms with E-state index in [0.29, 0.717) is 0 Å². The van der Waals surface area contributed by atoms with Gasteiger partial charge in [0.1, 0.15) is 5.56 Å². The van der Waals surface area contributed by atoms with E-state index in [1.54, 1.807) is 0 Å². The van der Waals surface area contributed by atoms with Crippen molar-refractivity contribution in [3.8, 4) is 11.5 Å². The fourth-order valence-corrected chi connectivity index (χ4v) is 1.47. The SMILES string of the molecule is O=C(O)c1ccnc(C(=O)O)c1C(=O)O.O=c1cc(O)c(O)c[nH]1. The topological polar surface area (TPSA) is 198 Å². The number of hydrogen-bond acceptors (Lipinski definition) is 7. The van der Waals surface area contributed by atoms with Gasteiger partial charge < -0.3 is 30.5 Å². The monoisotopic (exact) mass is 338 g/mol. The van der Waals surface area contributed by atoms with Crippen LogP contribution in [0.15, 0.2) is 29.3 Å². The molecule has 0 unspecified atom stereocenters. The second-order valence-corrected chi connectivity index (χ2v) is 4.07. The Labute approximate surface area is 132 Å². The first-order valence-electron chi connectivity index (χ1n) is 5.94. The fraction of sp³-hybridized carbons (Fsp3) is 0. The largest absolute Gasteiger partial charge is 0.504 e. The normalized spacial score (nSPS) is 9.50. The summed E-state index contributed by atoms with van der Waals surface area (Å²) in [4.78, 5) is 47.7. The number of aromatic hydroxyl groups is 2. The second kappa shape index (κ2) is 7.40. The van der Waals surface area contributed by atoms with E-state index in [4.69, 9.17) is 25.5 Å². The number of aromatic carboxylic acids is 3. The van der Waals surface area contributed by atoms with Crippen LogP contribution in [-0.2, 0) is 0 Å². The minimum Gasteiger partial charge on any atom is -0.504 e. The van der Waals surface area contributed by atoms with E-state index in [1.807, 2.05) is 0 Å². The molecule has 0 aromatic carbocycles. The molecule has 6 N–H and O–H groups in total. The van der Waals surface area contributed by atoms with E-state index in [0.717, 1.165) is 24.5 Å². The number of rotatable bonds is 3. The third-order valence-corrected chi connectivity index (χ3v) is 2.48. The second-order valence-electron chi connectivity index (χ2n) is 4.07. The van der Waals surface area contributed by atoms with Gasteiger partial charge in [-0.15, -0.1) is 0 Å². The molecule has 0 radical (unpaired) electrons. The van der Waals surface area contributed by atoms with Crippen molar-refractivity contribution in [3.63, 3.8) is 0 Å². The van der Waals surface area contributed by atoms with Crippen molar-refractivity contribution in [3.05, 3.63) is 51.7 Å². The highest BCUT2D eigenvalue weighted by molar-refractivity contribution is 6.07. The molecule has 11 heteroatoms. The number of nitrogens with zero attached hydrogens (tertiary/aromatic N) is 1. The van der Waals surface area contributed by atoms with Crippen LogP contribution in [0, 0.1) is 0 Å². The predicted octanol–water partition coefficient (Wildman–Crippen LogP) is -0.0377. The maximum absolute atomic E-state index is 10.7. The van der Waals surface area contributed by atoms with Gasteiger partial charge in [-0.2, -0.15) is 0 Å². The van der Waals surface area contributed by atoms with Crippen LogP contribution in [0.3, 0.4) is 0 Å². The molecule has 126 valence electrons. The third kappa shape index (κ3) is 4.30. The van der Waals surface area contributed by atoms with Crippen molar-refractivity contribution >= 4 is 17.9 Å². The summed E-state index contributed by atoms with van der Waals surface area (Å²) in [5.41, 5.74) is -2.65. The number of carboxylic acid groups (broad SMARTS) is 3. The number of aromatic nitrogens is 2. The van der Waals surface area contributed by atoms with Gasteiger partial charge in [0.25, 0.3) is 5.56 Å². The Morgan fingerprint density at radius 3 is 2.00 bits per heavy atom. The van der Waals surface area contributed by atoms with Crippen LogP contribution < -0.4 is 5.56 Å². The molecule has 24 heavy (non-hydrogen) atoms. The molecule has 2 aromatic heterocycles. The molecule has 0 bridgehead atoms. The Morgan fingerprint density at radius 2 is 1.58 bits per heavy atom. The van der Waals surface area contributed by atoms with Crippen molar-refractivity contribution in [2.75, 3.05) is 0 Å². The number of hydrogen-bond donors (Lipinski definition) is 6. The summed E-state index contributed by atoms with van der Waals surface area (Å²) in [7, 11) is 0. The smallest absolute Gasteiger partial charge is 0.355 e. The zero-order valence-electron chi connectivity index (χ0n) is 11.6. The summed E-state index contributed by atoms with van der Waals surface area (Å²) in [5, 5.41) is 43.2. The van der Waals surface area contributed by atoms with Crippen LogP contribution in [0.1, 0.15) is 31.2 Å². The van der Waals surface area contributed by atoms with Crippen molar-refractivity contribution in [1.29, 1.82) is 0 Å². The molecule has 2 aromatic rings. The minimum absolute atomic E-state index is 0.324. The fourth-order valence-electron chi connectivity index (χ4n) is 1.47. The van der Waals surface area contributed by atoms with E-state index >= 15 is 0 Å². The lowest BCUT2D eigenvalue weighted by Crippen LogP contribution is -2.16. The lowest BCUT2D eigenvalue weighted by Gasteiger charge is -2.03. The number of carbonyl (C=O) groups is 3. The molecule has 2 rings (SSSR count).